The number of rotatable bonds is 11. The van der Waals surface area contributed by atoms with E-state index in [1.165, 1.54) is 0 Å². The Morgan fingerprint density at radius 3 is 2.42 bits per heavy atom. The van der Waals surface area contributed by atoms with Crippen molar-refractivity contribution >= 4 is 52.2 Å². The number of carbonyl (C=O) groups excluding carboxylic acids is 3. The Kier molecular flexibility index (Phi) is 9.29. The summed E-state index contributed by atoms with van der Waals surface area (Å²) in [6, 6.07) is 21.4. The first-order valence-electron chi connectivity index (χ1n) is 11.8. The van der Waals surface area contributed by atoms with E-state index in [4.69, 9.17) is 25.8 Å². The fourth-order valence-electron chi connectivity index (χ4n) is 3.55. The summed E-state index contributed by atoms with van der Waals surface area (Å²) < 4.78 is 17.0. The third kappa shape index (κ3) is 7.08. The van der Waals surface area contributed by atoms with Gasteiger partial charge in [-0.05, 0) is 66.7 Å². The molecule has 1 saturated heterocycles. The van der Waals surface area contributed by atoms with Gasteiger partial charge in [0.15, 0.2) is 18.1 Å². The van der Waals surface area contributed by atoms with E-state index in [0.717, 1.165) is 16.7 Å². The van der Waals surface area contributed by atoms with Gasteiger partial charge in [-0.3, -0.25) is 19.3 Å². The summed E-state index contributed by atoms with van der Waals surface area (Å²) in [5.74, 6) is 0.412. The fraction of sp³-hybridized carbons (Fsp3) is 0.179. The lowest BCUT2D eigenvalue weighted by molar-refractivity contribution is -0.123. The van der Waals surface area contributed by atoms with Crippen LogP contribution in [0.4, 0.5) is 10.5 Å². The molecule has 0 radical (unpaired) electrons. The van der Waals surface area contributed by atoms with Gasteiger partial charge in [0.2, 0.25) is 0 Å². The molecule has 3 amide bonds. The molecule has 10 heteroatoms. The zero-order chi connectivity index (χ0) is 26.9. The summed E-state index contributed by atoms with van der Waals surface area (Å²) in [5, 5.41) is 2.56. The van der Waals surface area contributed by atoms with Gasteiger partial charge in [0.25, 0.3) is 17.1 Å². The molecular formula is C28H25ClN2O6S. The van der Waals surface area contributed by atoms with Gasteiger partial charge in [-0.15, -0.1) is 0 Å². The zero-order valence-corrected chi connectivity index (χ0v) is 22.1. The smallest absolute Gasteiger partial charge is 0.293 e. The van der Waals surface area contributed by atoms with Crippen molar-refractivity contribution in [3.05, 3.63) is 88.3 Å². The second-order valence-electron chi connectivity index (χ2n) is 7.96. The molecule has 0 bridgehead atoms. The standard InChI is InChI=1S/C28H25ClN2O6S/c1-2-35-23-16-19(15-22(29)26(23)37-18-25(32)30-20-9-5-3-6-10-20)17-24-27(33)31(28(34)38-24)13-14-36-21-11-7-4-8-12-21/h3-12,15-17H,2,13-14,18H2,1H3,(H,30,32)/b24-17-. The maximum atomic E-state index is 12.9. The van der Waals surface area contributed by atoms with Gasteiger partial charge < -0.3 is 19.5 Å². The van der Waals surface area contributed by atoms with E-state index in [2.05, 4.69) is 5.32 Å². The largest absolute Gasteiger partial charge is 0.492 e. The van der Waals surface area contributed by atoms with Crippen molar-refractivity contribution in [3.63, 3.8) is 0 Å². The summed E-state index contributed by atoms with van der Waals surface area (Å²) in [6.45, 7) is 2.15. The highest BCUT2D eigenvalue weighted by molar-refractivity contribution is 8.18. The van der Waals surface area contributed by atoms with Crippen molar-refractivity contribution in [2.24, 2.45) is 0 Å². The normalized spacial score (nSPS) is 14.1. The molecule has 4 rings (SSSR count). The molecule has 3 aromatic carbocycles. The van der Waals surface area contributed by atoms with Crippen LogP contribution in [0.2, 0.25) is 5.02 Å². The van der Waals surface area contributed by atoms with Crippen LogP contribution in [0.15, 0.2) is 77.7 Å². The van der Waals surface area contributed by atoms with Crippen molar-refractivity contribution < 1.29 is 28.6 Å². The lowest BCUT2D eigenvalue weighted by atomic mass is 10.1. The molecular weight excluding hydrogens is 528 g/mol. The Labute approximate surface area is 229 Å². The highest BCUT2D eigenvalue weighted by atomic mass is 35.5. The van der Waals surface area contributed by atoms with Crippen molar-refractivity contribution in [2.45, 2.75) is 6.92 Å². The van der Waals surface area contributed by atoms with Gasteiger partial charge in [-0.1, -0.05) is 48.0 Å². The molecule has 0 saturated carbocycles. The van der Waals surface area contributed by atoms with Crippen LogP contribution in [0.1, 0.15) is 12.5 Å². The second-order valence-corrected chi connectivity index (χ2v) is 9.36. The zero-order valence-electron chi connectivity index (χ0n) is 20.5. The SMILES string of the molecule is CCOc1cc(/C=C2\SC(=O)N(CCOc3ccccc3)C2=O)cc(Cl)c1OCC(=O)Nc1ccccc1. The molecule has 1 aliphatic heterocycles. The summed E-state index contributed by atoms with van der Waals surface area (Å²) in [5.41, 5.74) is 1.19. The van der Waals surface area contributed by atoms with Crippen LogP contribution >= 0.6 is 23.4 Å². The van der Waals surface area contributed by atoms with Crippen molar-refractivity contribution in [3.8, 4) is 17.2 Å². The molecule has 1 heterocycles. The number of hydrogen-bond donors (Lipinski definition) is 1. The molecule has 38 heavy (non-hydrogen) atoms. The lowest BCUT2D eigenvalue weighted by Crippen LogP contribution is -2.32. The third-order valence-electron chi connectivity index (χ3n) is 5.24. The first kappa shape index (κ1) is 27.1. The molecule has 196 valence electrons. The summed E-state index contributed by atoms with van der Waals surface area (Å²) in [6.07, 6.45) is 1.57. The number of nitrogens with one attached hydrogen (secondary N) is 1. The van der Waals surface area contributed by atoms with Crippen LogP contribution in [0, 0.1) is 0 Å². The quantitative estimate of drug-likeness (QED) is 0.297. The van der Waals surface area contributed by atoms with Gasteiger partial charge in [-0.25, -0.2) is 0 Å². The van der Waals surface area contributed by atoms with Crippen molar-refractivity contribution in [1.82, 2.24) is 4.90 Å². The van der Waals surface area contributed by atoms with Gasteiger partial charge in [0, 0.05) is 5.69 Å². The average Bonchev–Trinajstić information content (AvgIpc) is 3.17. The maximum absolute atomic E-state index is 12.9. The van der Waals surface area contributed by atoms with Crippen LogP contribution in [-0.2, 0) is 9.59 Å². The van der Waals surface area contributed by atoms with Crippen LogP contribution in [0.5, 0.6) is 17.2 Å². The minimum Gasteiger partial charge on any atom is -0.492 e. The topological polar surface area (TPSA) is 94.2 Å². The number of imide groups is 1. The number of nitrogens with zero attached hydrogens (tertiary/aromatic N) is 1. The van der Waals surface area contributed by atoms with E-state index in [1.54, 1.807) is 49.4 Å². The molecule has 0 spiro atoms. The number of hydrogen-bond acceptors (Lipinski definition) is 7. The van der Waals surface area contributed by atoms with E-state index < -0.39 is 5.91 Å². The molecule has 3 aromatic rings. The highest BCUT2D eigenvalue weighted by Crippen LogP contribution is 2.39. The molecule has 0 unspecified atom stereocenters. The Morgan fingerprint density at radius 1 is 1.00 bits per heavy atom. The maximum Gasteiger partial charge on any atom is 0.293 e. The van der Waals surface area contributed by atoms with Crippen molar-refractivity contribution in [2.75, 3.05) is 31.7 Å². The molecule has 0 aromatic heterocycles. The molecule has 1 N–H and O–H groups in total. The number of carbonyl (C=O) groups is 3. The first-order valence-corrected chi connectivity index (χ1v) is 13.0. The van der Waals surface area contributed by atoms with E-state index >= 15 is 0 Å². The van der Waals surface area contributed by atoms with Gasteiger partial charge >= 0.3 is 0 Å². The molecule has 0 aliphatic carbocycles. The minimum atomic E-state index is -0.413. The molecule has 8 nitrogen and oxygen atoms in total. The van der Waals surface area contributed by atoms with Gasteiger partial charge in [0.1, 0.15) is 12.4 Å². The van der Waals surface area contributed by atoms with Crippen LogP contribution in [0.3, 0.4) is 0 Å². The highest BCUT2D eigenvalue weighted by Gasteiger charge is 2.35. The predicted molar refractivity (Wildman–Crippen MR) is 148 cm³/mol. The molecule has 1 fully saturated rings. The Hall–Kier alpha value is -3.95. The number of halogens is 1. The number of benzene rings is 3. The third-order valence-corrected chi connectivity index (χ3v) is 6.42. The van der Waals surface area contributed by atoms with Gasteiger partial charge in [-0.2, -0.15) is 0 Å². The summed E-state index contributed by atoms with van der Waals surface area (Å²) in [4.78, 5) is 39.0. The van der Waals surface area contributed by atoms with E-state index in [9.17, 15) is 14.4 Å². The predicted octanol–water partition coefficient (Wildman–Crippen LogP) is 5.87. The molecule has 0 atom stereocenters. The van der Waals surface area contributed by atoms with Crippen LogP contribution in [-0.4, -0.2) is 48.3 Å². The number of thioether (sulfide) groups is 1. The van der Waals surface area contributed by atoms with Gasteiger partial charge in [0.05, 0.1) is 23.1 Å². The Balaban J connectivity index is 1.42. The number of ether oxygens (including phenoxy) is 3. The summed E-state index contributed by atoms with van der Waals surface area (Å²) in [7, 11) is 0. The fourth-order valence-corrected chi connectivity index (χ4v) is 4.68. The number of para-hydroxylation sites is 2. The van der Waals surface area contributed by atoms with Crippen LogP contribution < -0.4 is 19.5 Å². The average molecular weight is 553 g/mol. The lowest BCUT2D eigenvalue weighted by Gasteiger charge is -2.15. The Morgan fingerprint density at radius 2 is 1.71 bits per heavy atom. The van der Waals surface area contributed by atoms with E-state index in [-0.39, 0.29) is 46.6 Å². The Bertz CT molecular complexity index is 1330. The summed E-state index contributed by atoms with van der Waals surface area (Å²) >= 11 is 7.31. The minimum absolute atomic E-state index is 0.125. The first-order chi connectivity index (χ1) is 18.4. The van der Waals surface area contributed by atoms with Crippen LogP contribution in [0.25, 0.3) is 6.08 Å². The van der Waals surface area contributed by atoms with E-state index in [0.29, 0.717) is 29.4 Å². The van der Waals surface area contributed by atoms with Crippen molar-refractivity contribution in [1.29, 1.82) is 0 Å². The second kappa shape index (κ2) is 13.0. The number of anilines is 1. The monoisotopic (exact) mass is 552 g/mol. The number of amides is 3. The van der Waals surface area contributed by atoms with E-state index in [1.807, 2.05) is 36.4 Å². The molecule has 1 aliphatic rings.